The van der Waals surface area contributed by atoms with Gasteiger partial charge in [-0.05, 0) is 50.5 Å². The summed E-state index contributed by atoms with van der Waals surface area (Å²) in [6.45, 7) is 3.62. The smallest absolute Gasteiger partial charge is 0.248 e. The van der Waals surface area contributed by atoms with Crippen LogP contribution in [0.15, 0.2) is 24.3 Å². The minimum Gasteiger partial charge on any atom is -0.492 e. The molecule has 1 fully saturated rings. The minimum atomic E-state index is -0.522. The molecule has 1 aromatic rings. The second-order valence-corrected chi connectivity index (χ2v) is 5.56. The van der Waals surface area contributed by atoms with Crippen molar-refractivity contribution >= 4 is 5.91 Å². The lowest BCUT2D eigenvalue weighted by Gasteiger charge is -2.23. The van der Waals surface area contributed by atoms with Crippen LogP contribution in [-0.2, 0) is 14.3 Å². The van der Waals surface area contributed by atoms with E-state index in [2.05, 4.69) is 5.32 Å². The molecule has 0 unspecified atom stereocenters. The summed E-state index contributed by atoms with van der Waals surface area (Å²) < 4.78 is 29.3. The third-order valence-electron chi connectivity index (χ3n) is 3.66. The van der Waals surface area contributed by atoms with Gasteiger partial charge in [-0.15, -0.1) is 0 Å². The molecular weight excluding hydrogens is 301 g/mol. The Kier molecular flexibility index (Phi) is 7.29. The number of hydrogen-bond acceptors (Lipinski definition) is 4. The molecular formula is C17H24FNO4. The molecule has 1 aliphatic heterocycles. The summed E-state index contributed by atoms with van der Waals surface area (Å²) in [5.74, 6) is 0.0847. The molecule has 0 bridgehead atoms. The molecule has 0 aromatic heterocycles. The summed E-state index contributed by atoms with van der Waals surface area (Å²) in [6.07, 6.45) is 2.81. The van der Waals surface area contributed by atoms with E-state index < -0.39 is 6.10 Å². The van der Waals surface area contributed by atoms with Gasteiger partial charge >= 0.3 is 0 Å². The van der Waals surface area contributed by atoms with Crippen molar-refractivity contribution in [3.05, 3.63) is 30.1 Å². The van der Waals surface area contributed by atoms with Crippen LogP contribution >= 0.6 is 0 Å². The summed E-state index contributed by atoms with van der Waals surface area (Å²) in [7, 11) is 0. The van der Waals surface area contributed by atoms with E-state index in [1.54, 1.807) is 19.1 Å². The lowest BCUT2D eigenvalue weighted by Crippen LogP contribution is -2.38. The number of carbonyl (C=O) groups is 1. The van der Waals surface area contributed by atoms with E-state index in [1.165, 1.54) is 12.1 Å². The fraction of sp³-hybridized carbons (Fsp3) is 0.588. The Labute approximate surface area is 136 Å². The molecule has 0 radical (unpaired) electrons. The molecule has 1 amide bonds. The van der Waals surface area contributed by atoms with Crippen LogP contribution in [0.5, 0.6) is 5.75 Å². The lowest BCUT2D eigenvalue weighted by atomic mass is 10.1. The Morgan fingerprint density at radius 1 is 1.39 bits per heavy atom. The zero-order valence-corrected chi connectivity index (χ0v) is 13.4. The highest BCUT2D eigenvalue weighted by molar-refractivity contribution is 5.80. The number of carbonyl (C=O) groups excluding carboxylic acids is 1. The molecule has 1 saturated heterocycles. The maximum absolute atomic E-state index is 12.7. The minimum absolute atomic E-state index is 0.0980. The van der Waals surface area contributed by atoms with Crippen molar-refractivity contribution in [1.82, 2.24) is 5.32 Å². The van der Waals surface area contributed by atoms with Gasteiger partial charge in [0.2, 0.25) is 5.91 Å². The largest absolute Gasteiger partial charge is 0.492 e. The Balaban J connectivity index is 1.57. The normalized spacial score (nSPS) is 19.1. The second-order valence-electron chi connectivity index (χ2n) is 5.56. The van der Waals surface area contributed by atoms with Crippen molar-refractivity contribution < 1.29 is 23.4 Å². The van der Waals surface area contributed by atoms with E-state index in [9.17, 15) is 9.18 Å². The molecule has 1 aromatic carbocycles. The quantitative estimate of drug-likeness (QED) is 0.745. The maximum atomic E-state index is 12.7. The molecule has 128 valence electrons. The van der Waals surface area contributed by atoms with Crippen molar-refractivity contribution in [3.63, 3.8) is 0 Å². The zero-order chi connectivity index (χ0) is 16.5. The third kappa shape index (κ3) is 6.54. The van der Waals surface area contributed by atoms with Crippen LogP contribution in [0, 0.1) is 5.82 Å². The SMILES string of the molecule is C[C@@H](OC[C@@H]1CCCCO1)C(=O)NCCOc1ccc(F)cc1. The van der Waals surface area contributed by atoms with Gasteiger partial charge in [-0.3, -0.25) is 4.79 Å². The second kappa shape index (κ2) is 9.47. The fourth-order valence-electron chi connectivity index (χ4n) is 2.28. The number of nitrogens with one attached hydrogen (secondary N) is 1. The maximum Gasteiger partial charge on any atom is 0.248 e. The standard InChI is InChI=1S/C17H24FNO4/c1-13(23-12-16-4-2-3-10-21-16)17(20)19-9-11-22-15-7-5-14(18)6-8-15/h5-8,13,16H,2-4,9-12H2,1H3,(H,19,20)/t13-,16+/m1/s1. The van der Waals surface area contributed by atoms with E-state index in [0.29, 0.717) is 25.5 Å². The Bertz CT molecular complexity index is 474. The van der Waals surface area contributed by atoms with Gasteiger partial charge in [-0.2, -0.15) is 0 Å². The summed E-state index contributed by atoms with van der Waals surface area (Å²) in [5, 5.41) is 2.75. The summed E-state index contributed by atoms with van der Waals surface area (Å²) in [4.78, 5) is 11.9. The average Bonchev–Trinajstić information content (AvgIpc) is 2.59. The lowest BCUT2D eigenvalue weighted by molar-refractivity contribution is -0.135. The van der Waals surface area contributed by atoms with E-state index in [-0.39, 0.29) is 17.8 Å². The predicted molar refractivity (Wildman–Crippen MR) is 83.9 cm³/mol. The number of benzene rings is 1. The Hall–Kier alpha value is -1.66. The highest BCUT2D eigenvalue weighted by Crippen LogP contribution is 2.13. The van der Waals surface area contributed by atoms with Crippen LogP contribution < -0.4 is 10.1 Å². The monoisotopic (exact) mass is 325 g/mol. The van der Waals surface area contributed by atoms with E-state index >= 15 is 0 Å². The third-order valence-corrected chi connectivity index (χ3v) is 3.66. The van der Waals surface area contributed by atoms with Crippen molar-refractivity contribution in [2.24, 2.45) is 0 Å². The topological polar surface area (TPSA) is 56.8 Å². The highest BCUT2D eigenvalue weighted by atomic mass is 19.1. The van der Waals surface area contributed by atoms with E-state index in [4.69, 9.17) is 14.2 Å². The van der Waals surface area contributed by atoms with Crippen LogP contribution in [-0.4, -0.2) is 44.5 Å². The molecule has 1 N–H and O–H groups in total. The van der Waals surface area contributed by atoms with Crippen LogP contribution in [0.2, 0.25) is 0 Å². The number of amides is 1. The van der Waals surface area contributed by atoms with E-state index in [0.717, 1.165) is 25.9 Å². The van der Waals surface area contributed by atoms with Gasteiger partial charge in [0.15, 0.2) is 0 Å². The fourth-order valence-corrected chi connectivity index (χ4v) is 2.28. The highest BCUT2D eigenvalue weighted by Gasteiger charge is 2.18. The predicted octanol–water partition coefficient (Wildman–Crippen LogP) is 2.29. The van der Waals surface area contributed by atoms with Crippen LogP contribution in [0.1, 0.15) is 26.2 Å². The van der Waals surface area contributed by atoms with Gasteiger partial charge in [0.1, 0.15) is 24.3 Å². The first-order valence-electron chi connectivity index (χ1n) is 8.04. The molecule has 0 saturated carbocycles. The molecule has 23 heavy (non-hydrogen) atoms. The van der Waals surface area contributed by atoms with Crippen molar-refractivity contribution in [3.8, 4) is 5.75 Å². The zero-order valence-electron chi connectivity index (χ0n) is 13.4. The van der Waals surface area contributed by atoms with Crippen molar-refractivity contribution in [2.75, 3.05) is 26.4 Å². The Morgan fingerprint density at radius 3 is 2.87 bits per heavy atom. The van der Waals surface area contributed by atoms with Crippen molar-refractivity contribution in [1.29, 1.82) is 0 Å². The molecule has 2 atom stereocenters. The summed E-state index contributed by atoms with van der Waals surface area (Å²) >= 11 is 0. The summed E-state index contributed by atoms with van der Waals surface area (Å²) in [5.41, 5.74) is 0. The van der Waals surface area contributed by atoms with Crippen molar-refractivity contribution in [2.45, 2.75) is 38.4 Å². The number of hydrogen-bond donors (Lipinski definition) is 1. The van der Waals surface area contributed by atoms with Gasteiger partial charge in [-0.1, -0.05) is 0 Å². The van der Waals surface area contributed by atoms with Crippen LogP contribution in [0.3, 0.4) is 0 Å². The molecule has 6 heteroatoms. The van der Waals surface area contributed by atoms with Crippen LogP contribution in [0.4, 0.5) is 4.39 Å². The number of halogens is 1. The molecule has 1 heterocycles. The van der Waals surface area contributed by atoms with Gasteiger partial charge < -0.3 is 19.5 Å². The van der Waals surface area contributed by atoms with Gasteiger partial charge in [-0.25, -0.2) is 4.39 Å². The molecule has 1 aliphatic rings. The number of rotatable bonds is 8. The molecule has 5 nitrogen and oxygen atoms in total. The van der Waals surface area contributed by atoms with E-state index in [1.807, 2.05) is 0 Å². The molecule has 0 aliphatic carbocycles. The summed E-state index contributed by atoms with van der Waals surface area (Å²) in [6, 6.07) is 5.76. The molecule has 0 spiro atoms. The first kappa shape index (κ1) is 17.7. The molecule has 2 rings (SSSR count). The van der Waals surface area contributed by atoms with Crippen LogP contribution in [0.25, 0.3) is 0 Å². The average molecular weight is 325 g/mol. The first-order chi connectivity index (χ1) is 11.1. The van der Waals surface area contributed by atoms with Gasteiger partial charge in [0.25, 0.3) is 0 Å². The number of ether oxygens (including phenoxy) is 3. The first-order valence-corrected chi connectivity index (χ1v) is 8.04. The van der Waals surface area contributed by atoms with Gasteiger partial charge in [0.05, 0.1) is 19.3 Å². The Morgan fingerprint density at radius 2 is 2.17 bits per heavy atom. The van der Waals surface area contributed by atoms with Gasteiger partial charge in [0, 0.05) is 6.61 Å².